The zero-order valence-electron chi connectivity index (χ0n) is 15.7. The van der Waals surface area contributed by atoms with Crippen molar-refractivity contribution >= 4 is 39.2 Å². The smallest absolute Gasteiger partial charge is 0.387 e. The molecule has 0 fully saturated rings. The number of ether oxygens (including phenoxy) is 1. The zero-order chi connectivity index (χ0) is 21.7. The summed E-state index contributed by atoms with van der Waals surface area (Å²) in [5, 5.41) is 11.7. The van der Waals surface area contributed by atoms with Crippen molar-refractivity contribution in [3.63, 3.8) is 0 Å². The molecule has 3 heterocycles. The molecule has 0 bridgehead atoms. The fourth-order valence-corrected chi connectivity index (χ4v) is 3.91. The van der Waals surface area contributed by atoms with Gasteiger partial charge in [0, 0.05) is 41.8 Å². The molecule has 0 spiro atoms. The first-order chi connectivity index (χ1) is 14.9. The van der Waals surface area contributed by atoms with E-state index in [1.807, 2.05) is 0 Å². The summed E-state index contributed by atoms with van der Waals surface area (Å²) in [4.78, 5) is 29.8. The fraction of sp³-hybridized carbons (Fsp3) is 0.143. The Balaban J connectivity index is 1.74. The summed E-state index contributed by atoms with van der Waals surface area (Å²) in [6, 6.07) is 8.20. The summed E-state index contributed by atoms with van der Waals surface area (Å²) in [5.41, 5.74) is 1.71. The number of aromatic nitrogens is 1. The molecule has 1 aliphatic rings. The first-order valence-corrected chi connectivity index (χ1v) is 9.27. The van der Waals surface area contributed by atoms with Gasteiger partial charge in [-0.25, -0.2) is 0 Å². The largest absolute Gasteiger partial charge is 0.452 e. The lowest BCUT2D eigenvalue weighted by Crippen LogP contribution is -2.29. The van der Waals surface area contributed by atoms with Crippen molar-refractivity contribution in [2.24, 2.45) is 0 Å². The van der Waals surface area contributed by atoms with Crippen molar-refractivity contribution in [1.82, 2.24) is 4.98 Å². The number of furan rings is 1. The Labute approximate surface area is 172 Å². The molecule has 5 rings (SSSR count). The second kappa shape index (κ2) is 7.01. The van der Waals surface area contributed by atoms with Crippen molar-refractivity contribution in [2.75, 3.05) is 11.4 Å². The molecule has 2 aromatic carbocycles. The second-order valence-corrected chi connectivity index (χ2v) is 6.94. The summed E-state index contributed by atoms with van der Waals surface area (Å²) >= 11 is 0. The Hall–Kier alpha value is -4.08. The quantitative estimate of drug-likeness (QED) is 0.347. The van der Waals surface area contributed by atoms with Gasteiger partial charge in [-0.15, -0.1) is 0 Å². The standard InChI is InChI=1S/C21H13F2N3O5/c22-21(23)31-17-4-2-13(20(27)25-8-6-11-10-24-7-5-15(11)25)18-14-9-12(26(28)29)1-3-16(14)30-19(17)18/h1-5,7,9-10,21H,6,8H2. The van der Waals surface area contributed by atoms with Gasteiger partial charge in [0.25, 0.3) is 11.6 Å². The number of hydrogen-bond donors (Lipinski definition) is 0. The maximum atomic E-state index is 13.5. The summed E-state index contributed by atoms with van der Waals surface area (Å²) in [6.07, 6.45) is 3.90. The minimum atomic E-state index is -3.11. The third kappa shape index (κ3) is 3.03. The van der Waals surface area contributed by atoms with Gasteiger partial charge in [-0.2, -0.15) is 8.78 Å². The molecular formula is C21H13F2N3O5. The normalized spacial score (nSPS) is 13.2. The number of carbonyl (C=O) groups is 1. The van der Waals surface area contributed by atoms with E-state index in [1.54, 1.807) is 23.4 Å². The molecule has 156 valence electrons. The number of rotatable bonds is 4. The third-order valence-electron chi connectivity index (χ3n) is 5.24. The van der Waals surface area contributed by atoms with Crippen molar-refractivity contribution in [3.8, 4) is 5.75 Å². The number of pyridine rings is 1. The summed E-state index contributed by atoms with van der Waals surface area (Å²) in [6.45, 7) is -2.68. The number of non-ortho nitro benzene ring substituents is 1. The number of benzene rings is 2. The number of hydrogen-bond acceptors (Lipinski definition) is 6. The molecule has 1 amide bonds. The predicted molar refractivity (Wildman–Crippen MR) is 107 cm³/mol. The maximum absolute atomic E-state index is 13.5. The predicted octanol–water partition coefficient (Wildman–Crippen LogP) is 4.69. The van der Waals surface area contributed by atoms with E-state index in [9.17, 15) is 23.7 Å². The van der Waals surface area contributed by atoms with E-state index < -0.39 is 11.5 Å². The van der Waals surface area contributed by atoms with Gasteiger partial charge in [-0.05, 0) is 36.2 Å². The number of nitro benzene ring substituents is 1. The van der Waals surface area contributed by atoms with Crippen molar-refractivity contribution < 1.29 is 27.7 Å². The second-order valence-electron chi connectivity index (χ2n) is 6.94. The topological polar surface area (TPSA) is 98.7 Å². The number of anilines is 1. The fourth-order valence-electron chi connectivity index (χ4n) is 3.91. The highest BCUT2D eigenvalue weighted by Crippen LogP contribution is 2.40. The SMILES string of the molecule is O=C(c1ccc(OC(F)F)c2oc3ccc([N+](=O)[O-])cc3c12)N1CCc2cnccc21. The molecule has 0 radical (unpaired) electrons. The highest BCUT2D eigenvalue weighted by molar-refractivity contribution is 6.21. The highest BCUT2D eigenvalue weighted by Gasteiger charge is 2.29. The van der Waals surface area contributed by atoms with Crippen LogP contribution in [-0.4, -0.2) is 29.0 Å². The Morgan fingerprint density at radius 2 is 2.10 bits per heavy atom. The number of fused-ring (bicyclic) bond motifs is 4. The van der Waals surface area contributed by atoms with Crippen LogP contribution < -0.4 is 9.64 Å². The number of carbonyl (C=O) groups excluding carboxylic acids is 1. The molecule has 0 aliphatic carbocycles. The lowest BCUT2D eigenvalue weighted by Gasteiger charge is -2.18. The number of nitro groups is 1. The van der Waals surface area contributed by atoms with Gasteiger partial charge in [0.2, 0.25) is 0 Å². The van der Waals surface area contributed by atoms with E-state index in [0.29, 0.717) is 18.7 Å². The van der Waals surface area contributed by atoms with Crippen LogP contribution in [0.3, 0.4) is 0 Å². The molecule has 0 saturated heterocycles. The van der Waals surface area contributed by atoms with Crippen LogP contribution in [-0.2, 0) is 6.42 Å². The monoisotopic (exact) mass is 425 g/mol. The van der Waals surface area contributed by atoms with Crippen LogP contribution in [0, 0.1) is 10.1 Å². The van der Waals surface area contributed by atoms with E-state index in [0.717, 1.165) is 5.56 Å². The molecule has 2 aromatic heterocycles. The van der Waals surface area contributed by atoms with E-state index in [-0.39, 0.29) is 44.8 Å². The number of alkyl halides is 2. The summed E-state index contributed by atoms with van der Waals surface area (Å²) in [5.74, 6) is -0.640. The van der Waals surface area contributed by atoms with Gasteiger partial charge in [0.05, 0.1) is 16.2 Å². The average Bonchev–Trinajstić information content (AvgIpc) is 3.35. The molecule has 0 unspecified atom stereocenters. The van der Waals surface area contributed by atoms with Crippen LogP contribution in [0.5, 0.6) is 5.75 Å². The third-order valence-corrected chi connectivity index (χ3v) is 5.24. The zero-order valence-corrected chi connectivity index (χ0v) is 15.7. The van der Waals surface area contributed by atoms with Crippen LogP contribution in [0.1, 0.15) is 15.9 Å². The Morgan fingerprint density at radius 3 is 2.87 bits per heavy atom. The van der Waals surface area contributed by atoms with E-state index >= 15 is 0 Å². The molecule has 31 heavy (non-hydrogen) atoms. The van der Waals surface area contributed by atoms with Crippen LogP contribution in [0.25, 0.3) is 21.9 Å². The molecule has 1 aliphatic heterocycles. The van der Waals surface area contributed by atoms with E-state index in [1.165, 1.54) is 30.3 Å². The van der Waals surface area contributed by atoms with Crippen molar-refractivity contribution in [1.29, 1.82) is 0 Å². The Bertz CT molecular complexity index is 1370. The molecule has 4 aromatic rings. The van der Waals surface area contributed by atoms with Crippen molar-refractivity contribution in [2.45, 2.75) is 13.0 Å². The van der Waals surface area contributed by atoms with E-state index in [2.05, 4.69) is 9.72 Å². The lowest BCUT2D eigenvalue weighted by atomic mass is 10.0. The van der Waals surface area contributed by atoms with Crippen LogP contribution >= 0.6 is 0 Å². The van der Waals surface area contributed by atoms with Gasteiger partial charge in [-0.1, -0.05) is 0 Å². The van der Waals surface area contributed by atoms with Gasteiger partial charge >= 0.3 is 6.61 Å². The number of nitrogens with zero attached hydrogens (tertiary/aromatic N) is 3. The van der Waals surface area contributed by atoms with Gasteiger partial charge in [-0.3, -0.25) is 19.9 Å². The molecule has 0 N–H and O–H groups in total. The minimum Gasteiger partial charge on any atom is -0.452 e. The lowest BCUT2D eigenvalue weighted by molar-refractivity contribution is -0.384. The van der Waals surface area contributed by atoms with E-state index in [4.69, 9.17) is 4.42 Å². The Morgan fingerprint density at radius 1 is 1.26 bits per heavy atom. The van der Waals surface area contributed by atoms with Gasteiger partial charge < -0.3 is 14.1 Å². The summed E-state index contributed by atoms with van der Waals surface area (Å²) < 4.78 is 36.1. The van der Waals surface area contributed by atoms with Crippen LogP contribution in [0.2, 0.25) is 0 Å². The first-order valence-electron chi connectivity index (χ1n) is 9.27. The number of amides is 1. The first kappa shape index (κ1) is 18.9. The minimum absolute atomic E-state index is 0.0733. The van der Waals surface area contributed by atoms with Crippen LogP contribution in [0.4, 0.5) is 20.2 Å². The molecule has 8 nitrogen and oxygen atoms in total. The molecular weight excluding hydrogens is 412 g/mol. The highest BCUT2D eigenvalue weighted by atomic mass is 19.3. The Kier molecular flexibility index (Phi) is 4.28. The number of halogens is 2. The van der Waals surface area contributed by atoms with Gasteiger partial charge in [0.15, 0.2) is 11.3 Å². The molecule has 0 saturated carbocycles. The average molecular weight is 425 g/mol. The van der Waals surface area contributed by atoms with Crippen LogP contribution in [0.15, 0.2) is 53.2 Å². The molecule has 0 atom stereocenters. The van der Waals surface area contributed by atoms with Crippen molar-refractivity contribution in [3.05, 3.63) is 70.0 Å². The van der Waals surface area contributed by atoms with Gasteiger partial charge in [0.1, 0.15) is 5.58 Å². The molecule has 10 heteroatoms. The maximum Gasteiger partial charge on any atom is 0.387 e. The summed E-state index contributed by atoms with van der Waals surface area (Å²) in [7, 11) is 0.